The van der Waals surface area contributed by atoms with Crippen LogP contribution in [-0.4, -0.2) is 49.2 Å². The van der Waals surface area contributed by atoms with Gasteiger partial charge in [0.2, 0.25) is 0 Å². The SMILES string of the molecule is COc1cc(C(C)=O)ccc1OC[C@H](O)CN(C)[C@H](C)c1ccc(F)c(F)c1. The zero-order chi connectivity index (χ0) is 20.8. The summed E-state index contributed by atoms with van der Waals surface area (Å²) in [6.07, 6.45) is -0.824. The Morgan fingerprint density at radius 2 is 1.86 bits per heavy atom. The highest BCUT2D eigenvalue weighted by Crippen LogP contribution is 2.28. The molecule has 5 nitrogen and oxygen atoms in total. The van der Waals surface area contributed by atoms with E-state index in [2.05, 4.69) is 0 Å². The Hall–Kier alpha value is -2.51. The van der Waals surface area contributed by atoms with Crippen LogP contribution in [0.4, 0.5) is 8.78 Å². The van der Waals surface area contributed by atoms with Gasteiger partial charge in [-0.05, 0) is 56.8 Å². The van der Waals surface area contributed by atoms with Gasteiger partial charge in [-0.1, -0.05) is 6.07 Å². The number of ether oxygens (including phenoxy) is 2. The zero-order valence-electron chi connectivity index (χ0n) is 16.4. The normalized spacial score (nSPS) is 13.3. The number of nitrogens with zero attached hydrogens (tertiary/aromatic N) is 1. The van der Waals surface area contributed by atoms with Gasteiger partial charge in [0.25, 0.3) is 0 Å². The molecule has 7 heteroatoms. The topological polar surface area (TPSA) is 59.0 Å². The lowest BCUT2D eigenvalue weighted by Crippen LogP contribution is -2.34. The van der Waals surface area contributed by atoms with Gasteiger partial charge in [0, 0.05) is 18.2 Å². The number of halogens is 2. The minimum atomic E-state index is -0.900. The van der Waals surface area contributed by atoms with E-state index in [-0.39, 0.29) is 25.0 Å². The van der Waals surface area contributed by atoms with E-state index in [9.17, 15) is 18.7 Å². The smallest absolute Gasteiger partial charge is 0.161 e. The third kappa shape index (κ3) is 5.50. The molecule has 0 fully saturated rings. The summed E-state index contributed by atoms with van der Waals surface area (Å²) in [5.74, 6) is -1.05. The number of aliphatic hydroxyl groups excluding tert-OH is 1. The van der Waals surface area contributed by atoms with Crippen molar-refractivity contribution >= 4 is 5.78 Å². The molecule has 0 aliphatic heterocycles. The van der Waals surface area contributed by atoms with Gasteiger partial charge in [0.15, 0.2) is 28.9 Å². The van der Waals surface area contributed by atoms with Gasteiger partial charge in [0.1, 0.15) is 12.7 Å². The van der Waals surface area contributed by atoms with Gasteiger partial charge in [0.05, 0.1) is 7.11 Å². The first-order chi connectivity index (χ1) is 13.2. The van der Waals surface area contributed by atoms with Crippen molar-refractivity contribution in [3.8, 4) is 11.5 Å². The monoisotopic (exact) mass is 393 g/mol. The van der Waals surface area contributed by atoms with E-state index < -0.39 is 17.7 Å². The predicted octanol–water partition coefficient (Wildman–Crippen LogP) is 3.61. The minimum Gasteiger partial charge on any atom is -0.493 e. The zero-order valence-corrected chi connectivity index (χ0v) is 16.4. The molecule has 2 aromatic rings. The van der Waals surface area contributed by atoms with Crippen LogP contribution in [0.25, 0.3) is 0 Å². The minimum absolute atomic E-state index is 0.00458. The molecule has 0 radical (unpaired) electrons. The third-order valence-electron chi connectivity index (χ3n) is 4.59. The van der Waals surface area contributed by atoms with Crippen LogP contribution in [0.2, 0.25) is 0 Å². The molecule has 0 unspecified atom stereocenters. The van der Waals surface area contributed by atoms with Crippen LogP contribution in [0.15, 0.2) is 36.4 Å². The van der Waals surface area contributed by atoms with Crippen molar-refractivity contribution in [2.75, 3.05) is 27.3 Å². The van der Waals surface area contributed by atoms with Gasteiger partial charge in [-0.2, -0.15) is 0 Å². The standard InChI is InChI=1S/C21H25F2NO4/c1-13(15-5-7-18(22)19(23)9-15)24(3)11-17(26)12-28-20-8-6-16(14(2)25)10-21(20)27-4/h5-10,13,17,26H,11-12H2,1-4H3/t13-,17-/m1/s1. The number of carbonyl (C=O) groups is 1. The number of benzene rings is 2. The van der Waals surface area contributed by atoms with E-state index in [4.69, 9.17) is 9.47 Å². The van der Waals surface area contributed by atoms with Crippen LogP contribution in [0.3, 0.4) is 0 Å². The number of carbonyl (C=O) groups excluding carboxylic acids is 1. The van der Waals surface area contributed by atoms with Crippen LogP contribution < -0.4 is 9.47 Å². The Labute approximate surface area is 163 Å². The first-order valence-electron chi connectivity index (χ1n) is 8.88. The maximum Gasteiger partial charge on any atom is 0.161 e. The maximum absolute atomic E-state index is 13.4. The predicted molar refractivity (Wildman–Crippen MR) is 102 cm³/mol. The molecule has 0 saturated heterocycles. The fraction of sp³-hybridized carbons (Fsp3) is 0.381. The largest absolute Gasteiger partial charge is 0.493 e. The van der Waals surface area contributed by atoms with Crippen molar-refractivity contribution in [1.29, 1.82) is 0 Å². The number of hydrogen-bond acceptors (Lipinski definition) is 5. The van der Waals surface area contributed by atoms with Crippen LogP contribution in [0.5, 0.6) is 11.5 Å². The van der Waals surface area contributed by atoms with Gasteiger partial charge >= 0.3 is 0 Å². The molecule has 0 aliphatic carbocycles. The molecule has 0 spiro atoms. The number of hydrogen-bond donors (Lipinski definition) is 1. The molecule has 28 heavy (non-hydrogen) atoms. The summed E-state index contributed by atoms with van der Waals surface area (Å²) in [4.78, 5) is 13.3. The highest BCUT2D eigenvalue weighted by atomic mass is 19.2. The van der Waals surface area contributed by atoms with E-state index in [0.717, 1.165) is 12.1 Å². The van der Waals surface area contributed by atoms with Crippen molar-refractivity contribution in [3.63, 3.8) is 0 Å². The number of ketones is 1. The van der Waals surface area contributed by atoms with E-state index in [1.165, 1.54) is 20.1 Å². The van der Waals surface area contributed by atoms with E-state index in [1.807, 2.05) is 11.8 Å². The van der Waals surface area contributed by atoms with Crippen LogP contribution in [0, 0.1) is 11.6 Å². The van der Waals surface area contributed by atoms with Crippen LogP contribution in [-0.2, 0) is 0 Å². The Balaban J connectivity index is 1.95. The van der Waals surface area contributed by atoms with Crippen LogP contribution >= 0.6 is 0 Å². The average molecular weight is 393 g/mol. The molecule has 2 rings (SSSR count). The van der Waals surface area contributed by atoms with Crippen molar-refractivity contribution in [1.82, 2.24) is 4.90 Å². The summed E-state index contributed by atoms with van der Waals surface area (Å²) >= 11 is 0. The average Bonchev–Trinajstić information content (AvgIpc) is 2.67. The maximum atomic E-state index is 13.4. The molecule has 2 aromatic carbocycles. The van der Waals surface area contributed by atoms with Crippen molar-refractivity contribution in [3.05, 3.63) is 59.2 Å². The van der Waals surface area contributed by atoms with Crippen molar-refractivity contribution < 1.29 is 28.2 Å². The first kappa shape index (κ1) is 21.8. The lowest BCUT2D eigenvalue weighted by Gasteiger charge is -2.27. The number of aliphatic hydroxyl groups is 1. The summed E-state index contributed by atoms with van der Waals surface area (Å²) in [7, 11) is 3.25. The molecule has 0 bridgehead atoms. The summed E-state index contributed by atoms with van der Waals surface area (Å²) in [5, 5.41) is 10.3. The van der Waals surface area contributed by atoms with Gasteiger partial charge in [-0.3, -0.25) is 9.69 Å². The van der Waals surface area contributed by atoms with Gasteiger partial charge in [-0.25, -0.2) is 8.78 Å². The highest BCUT2D eigenvalue weighted by molar-refractivity contribution is 5.94. The third-order valence-corrected chi connectivity index (χ3v) is 4.59. The summed E-state index contributed by atoms with van der Waals surface area (Å²) in [5.41, 5.74) is 1.11. The van der Waals surface area contributed by atoms with E-state index in [0.29, 0.717) is 22.6 Å². The number of likely N-dealkylation sites (N-methyl/N-ethyl adjacent to an activating group) is 1. The second-order valence-electron chi connectivity index (χ2n) is 6.68. The summed E-state index contributed by atoms with van der Waals surface area (Å²) in [6.45, 7) is 3.56. The fourth-order valence-electron chi connectivity index (χ4n) is 2.76. The second kappa shape index (κ2) is 9.61. The Bertz CT molecular complexity index is 828. The molecule has 0 heterocycles. The van der Waals surface area contributed by atoms with Crippen LogP contribution in [0.1, 0.15) is 35.8 Å². The molecule has 2 atom stereocenters. The van der Waals surface area contributed by atoms with Gasteiger partial charge < -0.3 is 14.6 Å². The lowest BCUT2D eigenvalue weighted by atomic mass is 10.1. The molecule has 1 N–H and O–H groups in total. The summed E-state index contributed by atoms with van der Waals surface area (Å²) in [6, 6.07) is 8.37. The number of rotatable bonds is 9. The number of methoxy groups -OCH3 is 1. The van der Waals surface area contributed by atoms with Crippen molar-refractivity contribution in [2.45, 2.75) is 26.0 Å². The lowest BCUT2D eigenvalue weighted by molar-refractivity contribution is 0.0643. The molecular formula is C21H25F2NO4. The molecule has 152 valence electrons. The molecule has 0 amide bonds. The molecule has 0 saturated carbocycles. The molecular weight excluding hydrogens is 368 g/mol. The second-order valence-corrected chi connectivity index (χ2v) is 6.68. The van der Waals surface area contributed by atoms with Crippen molar-refractivity contribution in [2.24, 2.45) is 0 Å². The first-order valence-corrected chi connectivity index (χ1v) is 8.88. The van der Waals surface area contributed by atoms with E-state index in [1.54, 1.807) is 25.2 Å². The Morgan fingerprint density at radius 1 is 1.14 bits per heavy atom. The van der Waals surface area contributed by atoms with Gasteiger partial charge in [-0.15, -0.1) is 0 Å². The van der Waals surface area contributed by atoms with E-state index >= 15 is 0 Å². The summed E-state index contributed by atoms with van der Waals surface area (Å²) < 4.78 is 37.4. The Kier molecular flexibility index (Phi) is 7.48. The quantitative estimate of drug-likeness (QED) is 0.660. The Morgan fingerprint density at radius 3 is 2.46 bits per heavy atom. The fourth-order valence-corrected chi connectivity index (χ4v) is 2.76. The molecule has 0 aliphatic rings. The highest BCUT2D eigenvalue weighted by Gasteiger charge is 2.18. The molecule has 0 aromatic heterocycles. The number of Topliss-reactive ketones (excluding diaryl/α,β-unsaturated/α-hetero) is 1.